The highest BCUT2D eigenvalue weighted by Crippen LogP contribution is 2.36. The van der Waals surface area contributed by atoms with E-state index in [9.17, 15) is 14.4 Å². The molecule has 2 rings (SSSR count). The number of hydrogen-bond acceptors (Lipinski definition) is 6. The molecule has 1 aromatic rings. The van der Waals surface area contributed by atoms with E-state index in [1.54, 1.807) is 0 Å². The van der Waals surface area contributed by atoms with E-state index in [0.717, 1.165) is 17.7 Å². The smallest absolute Gasteiger partial charge is 0.339 e. The van der Waals surface area contributed by atoms with Crippen molar-refractivity contribution >= 4 is 29.5 Å². The molecule has 9 heteroatoms. The Labute approximate surface area is 162 Å². The summed E-state index contributed by atoms with van der Waals surface area (Å²) in [7, 11) is 1.44. The zero-order chi connectivity index (χ0) is 20.0. The maximum Gasteiger partial charge on any atom is 0.339 e. The molecule has 0 unspecified atom stereocenters. The first kappa shape index (κ1) is 20.8. The molecule has 27 heavy (non-hydrogen) atoms. The molecular weight excluding hydrogens is 376 g/mol. The van der Waals surface area contributed by atoms with Gasteiger partial charge in [-0.05, 0) is 25.5 Å². The second-order valence-electron chi connectivity index (χ2n) is 5.96. The van der Waals surface area contributed by atoms with Crippen molar-refractivity contribution in [1.82, 2.24) is 10.2 Å². The van der Waals surface area contributed by atoms with Crippen LogP contribution in [0.3, 0.4) is 0 Å². The fraction of sp³-hybridized carbons (Fsp3) is 0.500. The third-order valence-electron chi connectivity index (χ3n) is 3.96. The molecule has 1 aromatic carbocycles. The number of benzene rings is 1. The normalized spacial score (nSPS) is 14.5. The van der Waals surface area contributed by atoms with Crippen LogP contribution in [0.15, 0.2) is 12.1 Å². The lowest BCUT2D eigenvalue weighted by Crippen LogP contribution is -2.41. The molecule has 0 aromatic heterocycles. The molecular formula is C18H23ClN2O6. The van der Waals surface area contributed by atoms with Gasteiger partial charge in [-0.1, -0.05) is 24.9 Å². The number of ether oxygens (including phenoxy) is 3. The second kappa shape index (κ2) is 9.45. The maximum atomic E-state index is 12.4. The molecule has 1 aliphatic rings. The predicted molar refractivity (Wildman–Crippen MR) is 98.4 cm³/mol. The quantitative estimate of drug-likeness (QED) is 0.534. The molecule has 0 spiro atoms. The zero-order valence-corrected chi connectivity index (χ0v) is 16.3. The topological polar surface area (TPSA) is 94.2 Å². The summed E-state index contributed by atoms with van der Waals surface area (Å²) in [6, 6.07) is 2.34. The molecule has 0 aliphatic carbocycles. The van der Waals surface area contributed by atoms with Crippen LogP contribution in [-0.2, 0) is 9.53 Å². The number of esters is 1. The number of unbranched alkanes of at least 4 members (excludes halogenated alkanes) is 1. The molecule has 8 nitrogen and oxygen atoms in total. The van der Waals surface area contributed by atoms with Crippen molar-refractivity contribution in [2.24, 2.45) is 0 Å². The molecule has 148 valence electrons. The SMILES string of the molecule is CCCCOc1c(Cl)cc(C(=O)O[C@@H](C)C(=O)N2CCNC2=O)cc1OC. The molecule has 1 saturated heterocycles. The van der Waals surface area contributed by atoms with Gasteiger partial charge in [-0.3, -0.25) is 9.69 Å². The lowest BCUT2D eigenvalue weighted by molar-refractivity contribution is -0.136. The predicted octanol–water partition coefficient (Wildman–Crippen LogP) is 2.62. The maximum absolute atomic E-state index is 12.4. The van der Waals surface area contributed by atoms with E-state index in [1.165, 1.54) is 26.2 Å². The van der Waals surface area contributed by atoms with Crippen LogP contribution in [0.25, 0.3) is 0 Å². The van der Waals surface area contributed by atoms with Crippen molar-refractivity contribution in [1.29, 1.82) is 0 Å². The minimum atomic E-state index is -1.12. The molecule has 0 saturated carbocycles. The average molecular weight is 399 g/mol. The van der Waals surface area contributed by atoms with E-state index in [4.69, 9.17) is 25.8 Å². The van der Waals surface area contributed by atoms with E-state index in [1.807, 2.05) is 6.92 Å². The zero-order valence-electron chi connectivity index (χ0n) is 15.5. The van der Waals surface area contributed by atoms with E-state index >= 15 is 0 Å². The van der Waals surface area contributed by atoms with Crippen LogP contribution in [-0.4, -0.2) is 55.7 Å². The van der Waals surface area contributed by atoms with Crippen molar-refractivity contribution < 1.29 is 28.6 Å². The highest BCUT2D eigenvalue weighted by molar-refractivity contribution is 6.32. The van der Waals surface area contributed by atoms with Crippen LogP contribution in [0, 0.1) is 0 Å². The van der Waals surface area contributed by atoms with E-state index in [2.05, 4.69) is 5.32 Å². The van der Waals surface area contributed by atoms with Crippen molar-refractivity contribution in [3.63, 3.8) is 0 Å². The van der Waals surface area contributed by atoms with E-state index < -0.39 is 24.0 Å². The largest absolute Gasteiger partial charge is 0.493 e. The first-order valence-electron chi connectivity index (χ1n) is 8.69. The number of halogens is 1. The van der Waals surface area contributed by atoms with Crippen molar-refractivity contribution in [2.45, 2.75) is 32.8 Å². The number of carbonyl (C=O) groups is 3. The van der Waals surface area contributed by atoms with Crippen LogP contribution in [0.5, 0.6) is 11.5 Å². The van der Waals surface area contributed by atoms with Gasteiger partial charge in [0, 0.05) is 13.1 Å². The van der Waals surface area contributed by atoms with E-state index in [0.29, 0.717) is 24.7 Å². The van der Waals surface area contributed by atoms with Crippen molar-refractivity contribution in [3.8, 4) is 11.5 Å². The fourth-order valence-electron chi connectivity index (χ4n) is 2.48. The Morgan fingerprint density at radius 1 is 1.37 bits per heavy atom. The lowest BCUT2D eigenvalue weighted by Gasteiger charge is -2.19. The minimum Gasteiger partial charge on any atom is -0.493 e. The van der Waals surface area contributed by atoms with Gasteiger partial charge in [0.2, 0.25) is 0 Å². The third-order valence-corrected chi connectivity index (χ3v) is 4.24. The summed E-state index contributed by atoms with van der Waals surface area (Å²) in [6.45, 7) is 4.53. The molecule has 1 aliphatic heterocycles. The third kappa shape index (κ3) is 5.03. The van der Waals surface area contributed by atoms with Crippen LogP contribution in [0.1, 0.15) is 37.0 Å². The first-order chi connectivity index (χ1) is 12.9. The summed E-state index contributed by atoms with van der Waals surface area (Å²) in [6.07, 6.45) is 0.699. The Balaban J connectivity index is 2.10. The summed E-state index contributed by atoms with van der Waals surface area (Å²) >= 11 is 6.22. The van der Waals surface area contributed by atoms with Gasteiger partial charge in [0.05, 0.1) is 24.3 Å². The van der Waals surface area contributed by atoms with Gasteiger partial charge < -0.3 is 19.5 Å². The monoisotopic (exact) mass is 398 g/mol. The minimum absolute atomic E-state index is 0.116. The Morgan fingerprint density at radius 3 is 2.70 bits per heavy atom. The Kier molecular flexibility index (Phi) is 7.29. The van der Waals surface area contributed by atoms with Crippen LogP contribution in [0.2, 0.25) is 5.02 Å². The molecule has 1 atom stereocenters. The lowest BCUT2D eigenvalue weighted by atomic mass is 10.2. The number of imide groups is 1. The van der Waals surface area contributed by atoms with E-state index in [-0.39, 0.29) is 17.1 Å². The highest BCUT2D eigenvalue weighted by Gasteiger charge is 2.32. The standard InChI is InChI=1S/C18H23ClN2O6/c1-4-5-8-26-15-13(19)9-12(10-14(15)25-3)17(23)27-11(2)16(22)21-7-6-20-18(21)24/h9-11H,4-8H2,1-3H3,(H,20,24)/t11-/m0/s1. The number of methoxy groups -OCH3 is 1. The van der Waals surface area contributed by atoms with Crippen LogP contribution in [0.4, 0.5) is 4.79 Å². The molecule has 0 bridgehead atoms. The molecule has 1 fully saturated rings. The molecule has 1 N–H and O–H groups in total. The number of nitrogens with zero attached hydrogens (tertiary/aromatic N) is 1. The fourth-order valence-corrected chi connectivity index (χ4v) is 2.74. The Bertz CT molecular complexity index is 724. The van der Waals surface area contributed by atoms with Gasteiger partial charge in [-0.15, -0.1) is 0 Å². The number of hydrogen-bond donors (Lipinski definition) is 1. The molecule has 0 radical (unpaired) electrons. The number of urea groups is 1. The number of rotatable bonds is 8. The Morgan fingerprint density at radius 2 is 2.11 bits per heavy atom. The van der Waals surface area contributed by atoms with Crippen LogP contribution >= 0.6 is 11.6 Å². The number of carbonyl (C=O) groups excluding carboxylic acids is 3. The summed E-state index contributed by atoms with van der Waals surface area (Å²) < 4.78 is 16.1. The number of amides is 3. The average Bonchev–Trinajstić information content (AvgIpc) is 3.07. The first-order valence-corrected chi connectivity index (χ1v) is 9.07. The molecule has 1 heterocycles. The Hall–Kier alpha value is -2.48. The van der Waals surface area contributed by atoms with Gasteiger partial charge in [-0.25, -0.2) is 9.59 Å². The summed E-state index contributed by atoms with van der Waals surface area (Å²) in [5.74, 6) is -0.697. The summed E-state index contributed by atoms with van der Waals surface area (Å²) in [4.78, 5) is 37.2. The number of nitrogens with one attached hydrogen (secondary N) is 1. The van der Waals surface area contributed by atoms with Gasteiger partial charge in [0.15, 0.2) is 17.6 Å². The van der Waals surface area contributed by atoms with Gasteiger partial charge in [-0.2, -0.15) is 0 Å². The van der Waals surface area contributed by atoms with Gasteiger partial charge >= 0.3 is 12.0 Å². The highest BCUT2D eigenvalue weighted by atomic mass is 35.5. The van der Waals surface area contributed by atoms with Crippen molar-refractivity contribution in [3.05, 3.63) is 22.7 Å². The molecule has 3 amide bonds. The second-order valence-corrected chi connectivity index (χ2v) is 6.37. The van der Waals surface area contributed by atoms with Gasteiger partial charge in [0.25, 0.3) is 5.91 Å². The van der Waals surface area contributed by atoms with Crippen molar-refractivity contribution in [2.75, 3.05) is 26.8 Å². The van der Waals surface area contributed by atoms with Gasteiger partial charge in [0.1, 0.15) is 0 Å². The van der Waals surface area contributed by atoms with Crippen LogP contribution < -0.4 is 14.8 Å². The summed E-state index contributed by atoms with van der Waals surface area (Å²) in [5.41, 5.74) is 0.116. The summed E-state index contributed by atoms with van der Waals surface area (Å²) in [5, 5.41) is 2.72.